The zero-order valence-corrected chi connectivity index (χ0v) is 12.3. The van der Waals surface area contributed by atoms with E-state index in [0.29, 0.717) is 5.69 Å². The molecule has 0 radical (unpaired) electrons. The summed E-state index contributed by atoms with van der Waals surface area (Å²) in [6.07, 6.45) is 1.02. The first-order chi connectivity index (χ1) is 9.11. The summed E-state index contributed by atoms with van der Waals surface area (Å²) in [5.74, 6) is -0.0207. The molecule has 1 saturated heterocycles. The molecule has 0 bridgehead atoms. The zero-order chi connectivity index (χ0) is 13.4. The summed E-state index contributed by atoms with van der Waals surface area (Å²) in [6, 6.07) is 8.10. The topological polar surface area (TPSA) is 48.1 Å². The second-order valence-corrected chi connectivity index (χ2v) is 6.05. The van der Waals surface area contributed by atoms with Crippen LogP contribution in [0.2, 0.25) is 0 Å². The molecule has 1 aliphatic heterocycles. The minimum absolute atomic E-state index is 0.0207. The van der Waals surface area contributed by atoms with Gasteiger partial charge in [-0.25, -0.2) is 0 Å². The number of hydrogen-bond donors (Lipinski definition) is 2. The highest BCUT2D eigenvalue weighted by atomic mass is 79.9. The van der Waals surface area contributed by atoms with Gasteiger partial charge in [0.2, 0.25) is 0 Å². The lowest BCUT2D eigenvalue weighted by Gasteiger charge is -2.11. The fourth-order valence-electron chi connectivity index (χ4n) is 2.54. The van der Waals surface area contributed by atoms with Gasteiger partial charge in [0.15, 0.2) is 0 Å². The Balaban J connectivity index is 1.78. The van der Waals surface area contributed by atoms with Crippen LogP contribution in [0, 0.1) is 0 Å². The molecule has 0 aliphatic carbocycles. The van der Waals surface area contributed by atoms with Crippen LogP contribution in [-0.4, -0.2) is 42.0 Å². The van der Waals surface area contributed by atoms with E-state index in [-0.39, 0.29) is 11.9 Å². The summed E-state index contributed by atoms with van der Waals surface area (Å²) < 4.78 is 1.02. The maximum absolute atomic E-state index is 12.2. The van der Waals surface area contributed by atoms with Crippen molar-refractivity contribution in [2.75, 3.05) is 20.1 Å². The average molecular weight is 322 g/mol. The highest BCUT2D eigenvalue weighted by Gasteiger charge is 2.22. The molecule has 1 atom stereocenters. The summed E-state index contributed by atoms with van der Waals surface area (Å²) in [6.45, 7) is 1.97. The minimum atomic E-state index is -0.0207. The molecule has 1 aliphatic rings. The smallest absolute Gasteiger partial charge is 0.267 e. The molecule has 1 fully saturated rings. The quantitative estimate of drug-likeness (QED) is 0.892. The molecule has 0 spiro atoms. The average Bonchev–Trinajstić information content (AvgIpc) is 2.95. The molecule has 2 aromatic rings. The first-order valence-electron chi connectivity index (χ1n) is 6.39. The Morgan fingerprint density at radius 2 is 2.32 bits per heavy atom. The van der Waals surface area contributed by atoms with Crippen LogP contribution in [0.5, 0.6) is 0 Å². The lowest BCUT2D eigenvalue weighted by molar-refractivity contribution is 0.0934. The van der Waals surface area contributed by atoms with Crippen LogP contribution in [0.25, 0.3) is 10.9 Å². The Hall–Kier alpha value is -1.33. The van der Waals surface area contributed by atoms with Crippen molar-refractivity contribution in [1.29, 1.82) is 0 Å². The molecule has 4 nitrogen and oxygen atoms in total. The Labute approximate surface area is 120 Å². The molecule has 19 heavy (non-hydrogen) atoms. The van der Waals surface area contributed by atoms with Crippen LogP contribution in [0.4, 0.5) is 0 Å². The summed E-state index contributed by atoms with van der Waals surface area (Å²) in [5, 5.41) is 4.12. The molecule has 3 rings (SSSR count). The monoisotopic (exact) mass is 321 g/mol. The van der Waals surface area contributed by atoms with Crippen LogP contribution in [0.3, 0.4) is 0 Å². The van der Waals surface area contributed by atoms with E-state index >= 15 is 0 Å². The van der Waals surface area contributed by atoms with E-state index in [0.717, 1.165) is 34.9 Å². The van der Waals surface area contributed by atoms with Gasteiger partial charge in [0.25, 0.3) is 5.91 Å². The molecule has 0 unspecified atom stereocenters. The van der Waals surface area contributed by atoms with Crippen LogP contribution in [0.15, 0.2) is 28.7 Å². The van der Waals surface area contributed by atoms with Crippen LogP contribution >= 0.6 is 15.9 Å². The number of hydrogen-bond acceptors (Lipinski definition) is 2. The van der Waals surface area contributed by atoms with Crippen molar-refractivity contribution in [3.63, 3.8) is 0 Å². The number of aromatic nitrogens is 1. The van der Waals surface area contributed by atoms with Gasteiger partial charge in [-0.3, -0.25) is 4.79 Å². The van der Waals surface area contributed by atoms with Gasteiger partial charge in [-0.15, -0.1) is 0 Å². The van der Waals surface area contributed by atoms with Crippen molar-refractivity contribution in [2.45, 2.75) is 12.5 Å². The standard InChI is InChI=1S/C14H16BrN3O/c1-18-5-4-11(8-18)16-14(19)13-7-9-6-10(15)2-3-12(9)17-13/h2-3,6-7,11,17H,4-5,8H2,1H3,(H,16,19)/t11-/m1/s1. The second kappa shape index (κ2) is 4.98. The zero-order valence-electron chi connectivity index (χ0n) is 10.7. The van der Waals surface area contributed by atoms with Crippen molar-refractivity contribution < 1.29 is 4.79 Å². The SMILES string of the molecule is CN1CC[C@@H](NC(=O)c2cc3cc(Br)ccc3[nH]2)C1. The fraction of sp³-hybridized carbons (Fsp3) is 0.357. The van der Waals surface area contributed by atoms with E-state index in [1.54, 1.807) is 0 Å². The highest BCUT2D eigenvalue weighted by molar-refractivity contribution is 9.10. The van der Waals surface area contributed by atoms with Gasteiger partial charge in [-0.1, -0.05) is 15.9 Å². The number of H-pyrrole nitrogens is 1. The molecule has 1 amide bonds. The third kappa shape index (κ3) is 2.67. The third-order valence-corrected chi connectivity index (χ3v) is 4.05. The second-order valence-electron chi connectivity index (χ2n) is 5.14. The number of likely N-dealkylation sites (tertiary alicyclic amines) is 1. The van der Waals surface area contributed by atoms with Gasteiger partial charge in [0.1, 0.15) is 5.69 Å². The van der Waals surface area contributed by atoms with Crippen LogP contribution < -0.4 is 5.32 Å². The lowest BCUT2D eigenvalue weighted by atomic mass is 10.2. The molecule has 1 aromatic carbocycles. The molecular weight excluding hydrogens is 306 g/mol. The third-order valence-electron chi connectivity index (χ3n) is 3.55. The number of fused-ring (bicyclic) bond motifs is 1. The van der Waals surface area contributed by atoms with Crippen molar-refractivity contribution in [3.05, 3.63) is 34.4 Å². The van der Waals surface area contributed by atoms with E-state index in [4.69, 9.17) is 0 Å². The number of amides is 1. The molecule has 2 N–H and O–H groups in total. The number of rotatable bonds is 2. The summed E-state index contributed by atoms with van der Waals surface area (Å²) >= 11 is 3.44. The first-order valence-corrected chi connectivity index (χ1v) is 7.19. The molecular formula is C14H16BrN3O. The van der Waals surface area contributed by atoms with Crippen molar-refractivity contribution >= 4 is 32.7 Å². The van der Waals surface area contributed by atoms with Gasteiger partial charge in [-0.2, -0.15) is 0 Å². The van der Waals surface area contributed by atoms with E-state index < -0.39 is 0 Å². The number of carbonyl (C=O) groups excluding carboxylic acids is 1. The normalized spacial score (nSPS) is 20.0. The summed E-state index contributed by atoms with van der Waals surface area (Å²) in [7, 11) is 2.08. The maximum atomic E-state index is 12.2. The highest BCUT2D eigenvalue weighted by Crippen LogP contribution is 2.20. The largest absolute Gasteiger partial charge is 0.351 e. The summed E-state index contributed by atoms with van der Waals surface area (Å²) in [4.78, 5) is 17.6. The fourth-order valence-corrected chi connectivity index (χ4v) is 2.92. The van der Waals surface area contributed by atoms with Gasteiger partial charge in [0, 0.05) is 28.0 Å². The van der Waals surface area contributed by atoms with E-state index in [1.165, 1.54) is 0 Å². The predicted molar refractivity (Wildman–Crippen MR) is 79.4 cm³/mol. The molecule has 2 heterocycles. The van der Waals surface area contributed by atoms with E-state index in [1.807, 2.05) is 24.3 Å². The molecule has 100 valence electrons. The van der Waals surface area contributed by atoms with Gasteiger partial charge >= 0.3 is 0 Å². The van der Waals surface area contributed by atoms with Crippen molar-refractivity contribution in [2.24, 2.45) is 0 Å². The Kier molecular flexibility index (Phi) is 3.33. The van der Waals surface area contributed by atoms with Crippen LogP contribution in [-0.2, 0) is 0 Å². The number of aromatic amines is 1. The number of likely N-dealkylation sites (N-methyl/N-ethyl adjacent to an activating group) is 1. The van der Waals surface area contributed by atoms with Gasteiger partial charge < -0.3 is 15.2 Å². The van der Waals surface area contributed by atoms with E-state index in [2.05, 4.69) is 38.2 Å². The number of nitrogens with one attached hydrogen (secondary N) is 2. The Morgan fingerprint density at radius 3 is 3.05 bits per heavy atom. The molecule has 5 heteroatoms. The van der Waals surface area contributed by atoms with Gasteiger partial charge in [0.05, 0.1) is 0 Å². The van der Waals surface area contributed by atoms with E-state index in [9.17, 15) is 4.79 Å². The number of benzene rings is 1. The minimum Gasteiger partial charge on any atom is -0.351 e. The summed E-state index contributed by atoms with van der Waals surface area (Å²) in [5.41, 5.74) is 1.61. The van der Waals surface area contributed by atoms with Crippen molar-refractivity contribution in [1.82, 2.24) is 15.2 Å². The number of halogens is 1. The lowest BCUT2D eigenvalue weighted by Crippen LogP contribution is -2.36. The first kappa shape index (κ1) is 12.7. The van der Waals surface area contributed by atoms with Gasteiger partial charge in [-0.05, 0) is 44.3 Å². The Morgan fingerprint density at radius 1 is 1.47 bits per heavy atom. The number of carbonyl (C=O) groups is 1. The Bertz CT molecular complexity index is 622. The van der Waals surface area contributed by atoms with Crippen LogP contribution in [0.1, 0.15) is 16.9 Å². The predicted octanol–water partition coefficient (Wildman–Crippen LogP) is 2.36. The number of nitrogens with zero attached hydrogens (tertiary/aromatic N) is 1. The molecule has 1 aromatic heterocycles. The van der Waals surface area contributed by atoms with Crippen molar-refractivity contribution in [3.8, 4) is 0 Å². The maximum Gasteiger partial charge on any atom is 0.267 e. The molecule has 0 saturated carbocycles.